The van der Waals surface area contributed by atoms with Crippen LogP contribution in [-0.2, 0) is 11.3 Å². The van der Waals surface area contributed by atoms with Crippen molar-refractivity contribution in [1.82, 2.24) is 0 Å². The third-order valence-electron chi connectivity index (χ3n) is 3.26. The summed E-state index contributed by atoms with van der Waals surface area (Å²) in [4.78, 5) is 13.0. The minimum atomic E-state index is -0.416. The van der Waals surface area contributed by atoms with Crippen LogP contribution in [0.15, 0.2) is 42.5 Å². The molecular formula is C17H19ClFN2O+. The van der Waals surface area contributed by atoms with Crippen LogP contribution in [0.1, 0.15) is 11.1 Å². The topological polar surface area (TPSA) is 33.5 Å². The first kappa shape index (κ1) is 16.5. The monoisotopic (exact) mass is 321 g/mol. The first-order valence-electron chi connectivity index (χ1n) is 7.06. The maximum atomic E-state index is 13.7. The Morgan fingerprint density at radius 2 is 2.05 bits per heavy atom. The number of carbonyl (C=O) groups is 1. The zero-order valence-electron chi connectivity index (χ0n) is 12.6. The fraction of sp³-hybridized carbons (Fsp3) is 0.235. The van der Waals surface area contributed by atoms with Crippen molar-refractivity contribution >= 4 is 23.2 Å². The molecule has 0 spiro atoms. The summed E-state index contributed by atoms with van der Waals surface area (Å²) in [6, 6.07) is 12.3. The normalized spacial score (nSPS) is 12.0. The molecule has 2 aromatic rings. The molecule has 116 valence electrons. The molecule has 0 heterocycles. The number of quaternary nitrogens is 1. The second-order valence-electron chi connectivity index (χ2n) is 5.47. The van der Waals surface area contributed by atoms with Crippen molar-refractivity contribution in [2.75, 3.05) is 18.9 Å². The molecule has 3 nitrogen and oxygen atoms in total. The van der Waals surface area contributed by atoms with E-state index in [1.165, 1.54) is 6.07 Å². The number of nitrogens with one attached hydrogen (secondary N) is 2. The van der Waals surface area contributed by atoms with Gasteiger partial charge < -0.3 is 10.2 Å². The quantitative estimate of drug-likeness (QED) is 0.871. The summed E-state index contributed by atoms with van der Waals surface area (Å²) in [5.74, 6) is -0.636. The highest BCUT2D eigenvalue weighted by Crippen LogP contribution is 2.14. The Morgan fingerprint density at radius 3 is 2.73 bits per heavy atom. The lowest BCUT2D eigenvalue weighted by Gasteiger charge is -2.14. The highest BCUT2D eigenvalue weighted by Gasteiger charge is 2.13. The van der Waals surface area contributed by atoms with E-state index >= 15 is 0 Å². The van der Waals surface area contributed by atoms with Gasteiger partial charge in [0, 0.05) is 10.6 Å². The summed E-state index contributed by atoms with van der Waals surface area (Å²) in [6.45, 7) is 2.72. The molecule has 2 aromatic carbocycles. The second kappa shape index (κ2) is 7.38. The van der Waals surface area contributed by atoms with Crippen LogP contribution in [0.3, 0.4) is 0 Å². The minimum absolute atomic E-state index is 0.214. The summed E-state index contributed by atoms with van der Waals surface area (Å²) < 4.78 is 13.7. The number of hydrogen-bond donors (Lipinski definition) is 2. The molecule has 22 heavy (non-hydrogen) atoms. The Labute approximate surface area is 134 Å². The van der Waals surface area contributed by atoms with E-state index in [1.807, 2.05) is 31.3 Å². The van der Waals surface area contributed by atoms with E-state index in [-0.39, 0.29) is 18.1 Å². The first-order valence-corrected chi connectivity index (χ1v) is 7.43. The Morgan fingerprint density at radius 1 is 1.27 bits per heavy atom. The Balaban J connectivity index is 1.91. The van der Waals surface area contributed by atoms with E-state index in [9.17, 15) is 9.18 Å². The number of anilines is 1. The highest BCUT2D eigenvalue weighted by molar-refractivity contribution is 6.30. The van der Waals surface area contributed by atoms with Gasteiger partial charge in [0.25, 0.3) is 5.91 Å². The fourth-order valence-electron chi connectivity index (χ4n) is 2.25. The molecule has 0 saturated heterocycles. The molecule has 2 N–H and O–H groups in total. The molecule has 0 aromatic heterocycles. The van der Waals surface area contributed by atoms with Gasteiger partial charge in [-0.1, -0.05) is 29.8 Å². The van der Waals surface area contributed by atoms with Gasteiger partial charge in [0.05, 0.1) is 12.7 Å². The van der Waals surface area contributed by atoms with Crippen LogP contribution in [0.5, 0.6) is 0 Å². The van der Waals surface area contributed by atoms with E-state index < -0.39 is 5.82 Å². The number of aryl methyl sites for hydroxylation is 1. The van der Waals surface area contributed by atoms with Crippen LogP contribution < -0.4 is 10.2 Å². The van der Waals surface area contributed by atoms with Crippen molar-refractivity contribution in [3.63, 3.8) is 0 Å². The van der Waals surface area contributed by atoms with Gasteiger partial charge in [-0.25, -0.2) is 4.39 Å². The molecule has 0 bridgehead atoms. The summed E-state index contributed by atoms with van der Waals surface area (Å²) in [6.07, 6.45) is 0. The Kier molecular flexibility index (Phi) is 5.52. The van der Waals surface area contributed by atoms with E-state index in [0.29, 0.717) is 11.6 Å². The molecule has 0 radical (unpaired) electrons. The highest BCUT2D eigenvalue weighted by atomic mass is 35.5. The number of carbonyl (C=O) groups excluding carboxylic acids is 1. The maximum absolute atomic E-state index is 13.7. The van der Waals surface area contributed by atoms with Crippen LogP contribution in [-0.4, -0.2) is 19.5 Å². The van der Waals surface area contributed by atoms with Gasteiger partial charge in [0.1, 0.15) is 12.4 Å². The predicted molar refractivity (Wildman–Crippen MR) is 86.7 cm³/mol. The van der Waals surface area contributed by atoms with Gasteiger partial charge in [-0.05, 0) is 36.8 Å². The van der Waals surface area contributed by atoms with Gasteiger partial charge in [-0.3, -0.25) is 4.79 Å². The number of rotatable bonds is 5. The zero-order chi connectivity index (χ0) is 16.1. The van der Waals surface area contributed by atoms with Gasteiger partial charge >= 0.3 is 0 Å². The molecule has 0 aliphatic carbocycles. The minimum Gasteiger partial charge on any atom is -0.326 e. The van der Waals surface area contributed by atoms with Crippen molar-refractivity contribution in [1.29, 1.82) is 0 Å². The van der Waals surface area contributed by atoms with Crippen molar-refractivity contribution in [2.45, 2.75) is 13.5 Å². The van der Waals surface area contributed by atoms with Crippen LogP contribution in [0.25, 0.3) is 0 Å². The summed E-state index contributed by atoms with van der Waals surface area (Å²) in [5.41, 5.74) is 2.09. The van der Waals surface area contributed by atoms with Crippen molar-refractivity contribution in [3.8, 4) is 0 Å². The second-order valence-corrected chi connectivity index (χ2v) is 5.91. The third-order valence-corrected chi connectivity index (χ3v) is 3.49. The maximum Gasteiger partial charge on any atom is 0.279 e. The predicted octanol–water partition coefficient (Wildman–Crippen LogP) is 2.44. The zero-order valence-corrected chi connectivity index (χ0v) is 13.4. The van der Waals surface area contributed by atoms with Crippen molar-refractivity contribution in [2.24, 2.45) is 0 Å². The Hall–Kier alpha value is -1.91. The van der Waals surface area contributed by atoms with Crippen LogP contribution in [0.2, 0.25) is 5.02 Å². The number of likely N-dealkylation sites (N-methyl/N-ethyl adjacent to an activating group) is 1. The van der Waals surface area contributed by atoms with Crippen molar-refractivity contribution in [3.05, 3.63) is 64.4 Å². The van der Waals surface area contributed by atoms with E-state index in [1.54, 1.807) is 19.1 Å². The molecule has 2 rings (SSSR count). The van der Waals surface area contributed by atoms with E-state index in [4.69, 9.17) is 11.6 Å². The lowest BCUT2D eigenvalue weighted by molar-refractivity contribution is -0.885. The van der Waals surface area contributed by atoms with Gasteiger partial charge in [-0.2, -0.15) is 0 Å². The average molecular weight is 322 g/mol. The van der Waals surface area contributed by atoms with E-state index in [2.05, 4.69) is 5.32 Å². The molecule has 1 atom stereocenters. The molecule has 5 heteroatoms. The van der Waals surface area contributed by atoms with Gasteiger partial charge in [0.2, 0.25) is 0 Å². The molecule has 1 amide bonds. The van der Waals surface area contributed by atoms with Gasteiger partial charge in [0.15, 0.2) is 6.54 Å². The molecule has 0 fully saturated rings. The largest absolute Gasteiger partial charge is 0.326 e. The lowest BCUT2D eigenvalue weighted by Crippen LogP contribution is -3.08. The third kappa shape index (κ3) is 4.83. The standard InChI is InChI=1S/C17H18ClFN2O/c1-12-6-7-16(15(19)8-12)20-17(22)11-21(2)10-13-4-3-5-14(18)9-13/h3-9H,10-11H2,1-2H3,(H,20,22)/p+1. The lowest BCUT2D eigenvalue weighted by atomic mass is 10.2. The molecule has 0 aliphatic heterocycles. The smallest absolute Gasteiger partial charge is 0.279 e. The first-order chi connectivity index (χ1) is 10.4. The van der Waals surface area contributed by atoms with Crippen LogP contribution in [0, 0.1) is 12.7 Å². The van der Waals surface area contributed by atoms with Crippen LogP contribution in [0.4, 0.5) is 10.1 Å². The van der Waals surface area contributed by atoms with Crippen molar-refractivity contribution < 1.29 is 14.1 Å². The Bertz CT molecular complexity index is 675. The SMILES string of the molecule is Cc1ccc(NC(=O)C[NH+](C)Cc2cccc(Cl)c2)c(F)c1. The molecular weight excluding hydrogens is 303 g/mol. The summed E-state index contributed by atoms with van der Waals surface area (Å²) >= 11 is 5.94. The number of hydrogen-bond acceptors (Lipinski definition) is 1. The number of halogens is 2. The number of benzene rings is 2. The molecule has 0 saturated carbocycles. The molecule has 1 unspecified atom stereocenters. The van der Waals surface area contributed by atoms with Gasteiger partial charge in [-0.15, -0.1) is 0 Å². The molecule has 0 aliphatic rings. The summed E-state index contributed by atoms with van der Waals surface area (Å²) in [7, 11) is 1.91. The average Bonchev–Trinajstić information content (AvgIpc) is 2.41. The van der Waals surface area contributed by atoms with E-state index in [0.717, 1.165) is 16.0 Å². The fourth-order valence-corrected chi connectivity index (χ4v) is 2.46. The summed E-state index contributed by atoms with van der Waals surface area (Å²) in [5, 5.41) is 3.28. The number of amides is 1. The van der Waals surface area contributed by atoms with Crippen LogP contribution >= 0.6 is 11.6 Å².